The monoisotopic (exact) mass is 474 g/mol. The summed E-state index contributed by atoms with van der Waals surface area (Å²) in [5.74, 6) is 1.34. The van der Waals surface area contributed by atoms with Crippen LogP contribution in [0.15, 0.2) is 29.3 Å². The van der Waals surface area contributed by atoms with E-state index >= 15 is 0 Å². The average Bonchev–Trinajstić information content (AvgIpc) is 3.41. The molecule has 1 atom stereocenters. The molecule has 1 aliphatic rings. The number of carbonyl (C=O) groups is 1. The Kier molecular flexibility index (Phi) is 9.75. The Morgan fingerprint density at radius 3 is 2.65 bits per heavy atom. The van der Waals surface area contributed by atoms with Gasteiger partial charge < -0.3 is 20.3 Å². The van der Waals surface area contributed by atoms with Crippen molar-refractivity contribution in [2.45, 2.75) is 39.3 Å². The SMILES string of the molecule is CCOC(=O)NC(CNC(=NC)N(C)Cc1ccccc1C)C1CC1.I. The van der Waals surface area contributed by atoms with Gasteiger partial charge in [-0.1, -0.05) is 24.3 Å². The third kappa shape index (κ3) is 7.01. The van der Waals surface area contributed by atoms with E-state index in [1.165, 1.54) is 11.1 Å². The predicted octanol–water partition coefficient (Wildman–Crippen LogP) is 3.14. The van der Waals surface area contributed by atoms with Crippen LogP contribution in [0.3, 0.4) is 0 Å². The number of ether oxygens (including phenoxy) is 1. The van der Waals surface area contributed by atoms with Crippen molar-refractivity contribution in [1.29, 1.82) is 0 Å². The fourth-order valence-corrected chi connectivity index (χ4v) is 2.86. The number of carbonyl (C=O) groups excluding carboxylic acids is 1. The quantitative estimate of drug-likeness (QED) is 0.362. The van der Waals surface area contributed by atoms with Gasteiger partial charge in [0.05, 0.1) is 12.6 Å². The molecule has 1 unspecified atom stereocenters. The van der Waals surface area contributed by atoms with E-state index in [9.17, 15) is 4.79 Å². The first-order valence-corrected chi connectivity index (χ1v) is 8.94. The largest absolute Gasteiger partial charge is 0.450 e. The fourth-order valence-electron chi connectivity index (χ4n) is 2.86. The Bertz CT molecular complexity index is 605. The number of amides is 1. The molecule has 1 aromatic carbocycles. The van der Waals surface area contributed by atoms with Crippen molar-refractivity contribution in [2.24, 2.45) is 10.9 Å². The molecule has 0 aliphatic heterocycles. The van der Waals surface area contributed by atoms with E-state index in [4.69, 9.17) is 4.74 Å². The Morgan fingerprint density at radius 1 is 1.38 bits per heavy atom. The van der Waals surface area contributed by atoms with Gasteiger partial charge in [-0.15, -0.1) is 24.0 Å². The summed E-state index contributed by atoms with van der Waals surface area (Å²) in [4.78, 5) is 18.2. The lowest BCUT2D eigenvalue weighted by Gasteiger charge is -2.25. The molecule has 1 fully saturated rings. The molecule has 0 radical (unpaired) electrons. The number of alkyl carbamates (subject to hydrolysis) is 1. The van der Waals surface area contributed by atoms with Crippen LogP contribution in [0, 0.1) is 12.8 Å². The van der Waals surface area contributed by atoms with E-state index in [0.29, 0.717) is 19.1 Å². The van der Waals surface area contributed by atoms with Crippen LogP contribution in [-0.4, -0.2) is 50.2 Å². The van der Waals surface area contributed by atoms with Gasteiger partial charge in [-0.3, -0.25) is 4.99 Å². The van der Waals surface area contributed by atoms with Crippen molar-refractivity contribution >= 4 is 36.0 Å². The maximum absolute atomic E-state index is 11.7. The molecule has 1 saturated carbocycles. The number of hydrogen-bond donors (Lipinski definition) is 2. The van der Waals surface area contributed by atoms with Crippen LogP contribution < -0.4 is 10.6 Å². The summed E-state index contributed by atoms with van der Waals surface area (Å²) in [6.07, 6.45) is 1.96. The molecule has 2 rings (SSSR count). The maximum atomic E-state index is 11.7. The Morgan fingerprint density at radius 2 is 2.08 bits per heavy atom. The lowest BCUT2D eigenvalue weighted by atomic mass is 10.1. The van der Waals surface area contributed by atoms with E-state index in [1.807, 2.05) is 20.0 Å². The van der Waals surface area contributed by atoms with Gasteiger partial charge >= 0.3 is 6.09 Å². The highest BCUT2D eigenvalue weighted by molar-refractivity contribution is 14.0. The molecule has 146 valence electrons. The van der Waals surface area contributed by atoms with Crippen molar-refractivity contribution in [3.63, 3.8) is 0 Å². The van der Waals surface area contributed by atoms with Crippen molar-refractivity contribution in [3.8, 4) is 0 Å². The highest BCUT2D eigenvalue weighted by Crippen LogP contribution is 2.32. The van der Waals surface area contributed by atoms with Crippen LogP contribution in [-0.2, 0) is 11.3 Å². The molecule has 0 spiro atoms. The number of guanidine groups is 1. The van der Waals surface area contributed by atoms with Gasteiger partial charge in [0, 0.05) is 27.2 Å². The summed E-state index contributed by atoms with van der Waals surface area (Å²) in [5, 5.41) is 6.34. The highest BCUT2D eigenvalue weighted by Gasteiger charge is 2.32. The van der Waals surface area contributed by atoms with Crippen LogP contribution in [0.5, 0.6) is 0 Å². The zero-order valence-corrected chi connectivity index (χ0v) is 18.4. The molecule has 1 aliphatic carbocycles. The van der Waals surface area contributed by atoms with Gasteiger partial charge in [0.2, 0.25) is 0 Å². The van der Waals surface area contributed by atoms with Crippen molar-refractivity contribution in [1.82, 2.24) is 15.5 Å². The summed E-state index contributed by atoms with van der Waals surface area (Å²) in [6, 6.07) is 8.43. The van der Waals surface area contributed by atoms with Crippen LogP contribution >= 0.6 is 24.0 Å². The molecule has 2 N–H and O–H groups in total. The first kappa shape index (κ1) is 22.5. The second-order valence-corrected chi connectivity index (χ2v) is 6.52. The summed E-state index contributed by atoms with van der Waals surface area (Å²) < 4.78 is 5.00. The zero-order valence-electron chi connectivity index (χ0n) is 16.1. The molecule has 7 heteroatoms. The third-order valence-electron chi connectivity index (χ3n) is 4.49. The van der Waals surface area contributed by atoms with Gasteiger partial charge in [-0.2, -0.15) is 0 Å². The molecule has 26 heavy (non-hydrogen) atoms. The van der Waals surface area contributed by atoms with E-state index < -0.39 is 0 Å². The second kappa shape index (κ2) is 11.3. The number of benzene rings is 1. The van der Waals surface area contributed by atoms with Crippen LogP contribution in [0.2, 0.25) is 0 Å². The van der Waals surface area contributed by atoms with Crippen molar-refractivity contribution in [2.75, 3.05) is 27.2 Å². The molecule has 0 bridgehead atoms. The molecule has 0 aromatic heterocycles. The van der Waals surface area contributed by atoms with Gasteiger partial charge in [0.25, 0.3) is 0 Å². The fraction of sp³-hybridized carbons (Fsp3) is 0.579. The van der Waals surface area contributed by atoms with E-state index in [0.717, 1.165) is 25.3 Å². The predicted molar refractivity (Wildman–Crippen MR) is 116 cm³/mol. The third-order valence-corrected chi connectivity index (χ3v) is 4.49. The summed E-state index contributed by atoms with van der Waals surface area (Å²) in [7, 11) is 3.80. The molecule has 6 nitrogen and oxygen atoms in total. The molecular weight excluding hydrogens is 443 g/mol. The number of nitrogens with zero attached hydrogens (tertiary/aromatic N) is 2. The Hall–Kier alpha value is -1.51. The van der Waals surface area contributed by atoms with E-state index in [1.54, 1.807) is 7.05 Å². The smallest absolute Gasteiger partial charge is 0.407 e. The zero-order chi connectivity index (χ0) is 18.2. The number of hydrogen-bond acceptors (Lipinski definition) is 3. The Labute approximate surface area is 173 Å². The Balaban J connectivity index is 0.00000338. The maximum Gasteiger partial charge on any atom is 0.407 e. The number of aliphatic imine (C=N–C) groups is 1. The van der Waals surface area contributed by atoms with Gasteiger partial charge in [-0.05, 0) is 43.7 Å². The standard InChI is InChI=1S/C19H30N4O2.HI/c1-5-25-19(24)22-17(15-10-11-15)12-21-18(20-3)23(4)13-16-9-7-6-8-14(16)2;/h6-9,15,17H,5,10-13H2,1-4H3,(H,20,21)(H,22,24);1H. The van der Waals surface area contributed by atoms with Crippen LogP contribution in [0.1, 0.15) is 30.9 Å². The van der Waals surface area contributed by atoms with E-state index in [2.05, 4.69) is 45.6 Å². The normalized spacial score (nSPS) is 14.8. The van der Waals surface area contributed by atoms with Crippen molar-refractivity contribution in [3.05, 3.63) is 35.4 Å². The first-order valence-electron chi connectivity index (χ1n) is 8.94. The highest BCUT2D eigenvalue weighted by atomic mass is 127. The summed E-state index contributed by atoms with van der Waals surface area (Å²) in [5.41, 5.74) is 2.54. The van der Waals surface area contributed by atoms with Gasteiger partial charge in [0.15, 0.2) is 5.96 Å². The van der Waals surface area contributed by atoms with E-state index in [-0.39, 0.29) is 36.1 Å². The lowest BCUT2D eigenvalue weighted by molar-refractivity contribution is 0.146. The van der Waals surface area contributed by atoms with Gasteiger partial charge in [-0.25, -0.2) is 4.79 Å². The topological polar surface area (TPSA) is 66.0 Å². The summed E-state index contributed by atoms with van der Waals surface area (Å²) in [6.45, 7) is 5.75. The minimum atomic E-state index is -0.343. The molecule has 1 aromatic rings. The number of nitrogens with one attached hydrogen (secondary N) is 2. The van der Waals surface area contributed by atoms with Crippen molar-refractivity contribution < 1.29 is 9.53 Å². The molecule has 0 heterocycles. The lowest BCUT2D eigenvalue weighted by Crippen LogP contribution is -2.48. The molecule has 1 amide bonds. The number of halogens is 1. The summed E-state index contributed by atoms with van der Waals surface area (Å²) >= 11 is 0. The second-order valence-electron chi connectivity index (χ2n) is 6.52. The number of aryl methyl sites for hydroxylation is 1. The first-order chi connectivity index (χ1) is 12.0. The number of rotatable bonds is 7. The minimum Gasteiger partial charge on any atom is -0.450 e. The average molecular weight is 474 g/mol. The molecular formula is C19H31IN4O2. The van der Waals surface area contributed by atoms with Crippen LogP contribution in [0.4, 0.5) is 4.79 Å². The minimum absolute atomic E-state index is 0. The molecule has 0 saturated heterocycles. The van der Waals surface area contributed by atoms with Gasteiger partial charge in [0.1, 0.15) is 0 Å². The van der Waals surface area contributed by atoms with Crippen LogP contribution in [0.25, 0.3) is 0 Å².